The zero-order valence-electron chi connectivity index (χ0n) is 11.9. The van der Waals surface area contributed by atoms with Crippen LogP contribution in [-0.4, -0.2) is 43.8 Å². The van der Waals surface area contributed by atoms with E-state index >= 15 is 0 Å². The van der Waals surface area contributed by atoms with Gasteiger partial charge in [0.1, 0.15) is 0 Å². The van der Waals surface area contributed by atoms with Gasteiger partial charge >= 0.3 is 0 Å². The van der Waals surface area contributed by atoms with Crippen LogP contribution in [0.15, 0.2) is 30.3 Å². The predicted octanol–water partition coefficient (Wildman–Crippen LogP) is 2.06. The van der Waals surface area contributed by atoms with Crippen LogP contribution in [0.4, 0.5) is 0 Å². The molecule has 1 saturated heterocycles. The number of piperidine rings is 1. The first kappa shape index (κ1) is 14.5. The molecule has 3 heteroatoms. The second-order valence-electron chi connectivity index (χ2n) is 5.40. The van der Waals surface area contributed by atoms with E-state index in [4.69, 9.17) is 10.5 Å². The van der Waals surface area contributed by atoms with Gasteiger partial charge in [-0.2, -0.15) is 0 Å². The molecule has 0 saturated carbocycles. The van der Waals surface area contributed by atoms with Gasteiger partial charge in [0, 0.05) is 26.2 Å². The van der Waals surface area contributed by atoms with E-state index in [1.165, 1.54) is 12.0 Å². The molecule has 1 aliphatic heterocycles. The second-order valence-corrected chi connectivity index (χ2v) is 5.40. The molecule has 1 aromatic rings. The molecule has 106 valence electrons. The van der Waals surface area contributed by atoms with Crippen LogP contribution < -0.4 is 5.73 Å². The van der Waals surface area contributed by atoms with Gasteiger partial charge in [0.05, 0.1) is 6.10 Å². The Hall–Kier alpha value is -0.900. The van der Waals surface area contributed by atoms with Gasteiger partial charge in [-0.05, 0) is 37.8 Å². The molecule has 0 bridgehead atoms. The number of nitrogens with two attached hydrogens (primary N) is 1. The fourth-order valence-electron chi connectivity index (χ4n) is 2.95. The molecule has 2 rings (SSSR count). The van der Waals surface area contributed by atoms with Crippen molar-refractivity contribution in [3.63, 3.8) is 0 Å². The minimum Gasteiger partial charge on any atom is -0.381 e. The standard InChI is InChI=1S/C16H26N2O/c1-19-16-9-11-18(15(12-16)13-17)10-5-8-14-6-3-2-4-7-14/h2-4,6-7,15-16H,5,8-13,17H2,1H3. The first-order valence-corrected chi connectivity index (χ1v) is 7.34. The van der Waals surface area contributed by atoms with Gasteiger partial charge < -0.3 is 10.5 Å². The fraction of sp³-hybridized carbons (Fsp3) is 0.625. The highest BCUT2D eigenvalue weighted by Gasteiger charge is 2.26. The number of hydrogen-bond donors (Lipinski definition) is 1. The van der Waals surface area contributed by atoms with Crippen molar-refractivity contribution in [3.8, 4) is 0 Å². The van der Waals surface area contributed by atoms with E-state index in [-0.39, 0.29) is 0 Å². The molecule has 2 unspecified atom stereocenters. The van der Waals surface area contributed by atoms with E-state index in [1.54, 1.807) is 0 Å². The number of benzene rings is 1. The summed E-state index contributed by atoms with van der Waals surface area (Å²) in [5, 5.41) is 0. The summed E-state index contributed by atoms with van der Waals surface area (Å²) in [6.45, 7) is 3.01. The van der Waals surface area contributed by atoms with Crippen LogP contribution in [0.3, 0.4) is 0 Å². The third kappa shape index (κ3) is 4.30. The van der Waals surface area contributed by atoms with Gasteiger partial charge in [0.25, 0.3) is 0 Å². The number of nitrogens with zero attached hydrogens (tertiary/aromatic N) is 1. The summed E-state index contributed by atoms with van der Waals surface area (Å²) in [5.74, 6) is 0. The molecule has 1 aliphatic rings. The van der Waals surface area contributed by atoms with Crippen molar-refractivity contribution >= 4 is 0 Å². The lowest BCUT2D eigenvalue weighted by Gasteiger charge is -2.38. The maximum atomic E-state index is 5.90. The summed E-state index contributed by atoms with van der Waals surface area (Å²) in [7, 11) is 1.81. The van der Waals surface area contributed by atoms with Crippen molar-refractivity contribution in [1.82, 2.24) is 4.90 Å². The Bertz CT molecular complexity index is 355. The number of rotatable bonds is 6. The van der Waals surface area contributed by atoms with Crippen LogP contribution in [0.25, 0.3) is 0 Å². The molecule has 1 aromatic carbocycles. The summed E-state index contributed by atoms with van der Waals surface area (Å²) in [6, 6.07) is 11.2. The Morgan fingerprint density at radius 2 is 2.11 bits per heavy atom. The minimum atomic E-state index is 0.402. The largest absolute Gasteiger partial charge is 0.381 e. The summed E-state index contributed by atoms with van der Waals surface area (Å²) >= 11 is 0. The Balaban J connectivity index is 1.76. The van der Waals surface area contributed by atoms with E-state index in [0.717, 1.165) is 38.9 Å². The highest BCUT2D eigenvalue weighted by atomic mass is 16.5. The van der Waals surface area contributed by atoms with Gasteiger partial charge in [0.15, 0.2) is 0 Å². The Kier molecular flexibility index (Phi) is 5.83. The normalized spacial score (nSPS) is 24.5. The maximum Gasteiger partial charge on any atom is 0.0599 e. The molecule has 0 aromatic heterocycles. The van der Waals surface area contributed by atoms with Crippen LogP contribution in [-0.2, 0) is 11.2 Å². The molecule has 3 nitrogen and oxygen atoms in total. The van der Waals surface area contributed by atoms with Crippen LogP contribution in [0, 0.1) is 0 Å². The second kappa shape index (κ2) is 7.63. The number of likely N-dealkylation sites (tertiary alicyclic amines) is 1. The molecule has 0 aliphatic carbocycles. The van der Waals surface area contributed by atoms with Crippen LogP contribution in [0.2, 0.25) is 0 Å². The summed E-state index contributed by atoms with van der Waals surface area (Å²) in [5.41, 5.74) is 7.33. The molecule has 0 spiro atoms. The van der Waals surface area contributed by atoms with Crippen molar-refractivity contribution in [2.45, 2.75) is 37.8 Å². The minimum absolute atomic E-state index is 0.402. The third-order valence-corrected chi connectivity index (χ3v) is 4.15. The maximum absolute atomic E-state index is 5.90. The van der Waals surface area contributed by atoms with E-state index in [1.807, 2.05) is 7.11 Å². The number of ether oxygens (including phenoxy) is 1. The van der Waals surface area contributed by atoms with E-state index < -0.39 is 0 Å². The smallest absolute Gasteiger partial charge is 0.0599 e. The van der Waals surface area contributed by atoms with Gasteiger partial charge in [-0.25, -0.2) is 0 Å². The van der Waals surface area contributed by atoms with Crippen LogP contribution in [0.1, 0.15) is 24.8 Å². The molecule has 0 amide bonds. The topological polar surface area (TPSA) is 38.5 Å². The van der Waals surface area contributed by atoms with E-state index in [2.05, 4.69) is 35.2 Å². The molecule has 2 N–H and O–H groups in total. The van der Waals surface area contributed by atoms with E-state index in [9.17, 15) is 0 Å². The molecular formula is C16H26N2O. The lowest BCUT2D eigenvalue weighted by molar-refractivity contribution is 0.0130. The Morgan fingerprint density at radius 3 is 2.79 bits per heavy atom. The average Bonchev–Trinajstić information content (AvgIpc) is 2.48. The quantitative estimate of drug-likeness (QED) is 0.853. The SMILES string of the molecule is COC1CCN(CCCc2ccccc2)C(CN)C1. The third-order valence-electron chi connectivity index (χ3n) is 4.15. The predicted molar refractivity (Wildman–Crippen MR) is 79.2 cm³/mol. The van der Waals surface area contributed by atoms with Crippen molar-refractivity contribution in [1.29, 1.82) is 0 Å². The number of hydrogen-bond acceptors (Lipinski definition) is 3. The molecular weight excluding hydrogens is 236 g/mol. The first-order valence-electron chi connectivity index (χ1n) is 7.34. The van der Waals surface area contributed by atoms with Gasteiger partial charge in [-0.3, -0.25) is 4.90 Å². The number of aryl methyl sites for hydroxylation is 1. The lowest BCUT2D eigenvalue weighted by atomic mass is 9.98. The molecule has 2 atom stereocenters. The number of methoxy groups -OCH3 is 1. The molecule has 1 heterocycles. The fourth-order valence-corrected chi connectivity index (χ4v) is 2.95. The van der Waals surface area contributed by atoms with E-state index in [0.29, 0.717) is 12.1 Å². The van der Waals surface area contributed by atoms with Gasteiger partial charge in [-0.1, -0.05) is 30.3 Å². The van der Waals surface area contributed by atoms with Crippen molar-refractivity contribution in [3.05, 3.63) is 35.9 Å². The molecule has 0 radical (unpaired) electrons. The average molecular weight is 262 g/mol. The zero-order valence-corrected chi connectivity index (χ0v) is 11.9. The van der Waals surface area contributed by atoms with Gasteiger partial charge in [-0.15, -0.1) is 0 Å². The molecule has 1 fully saturated rings. The van der Waals surface area contributed by atoms with Crippen molar-refractivity contribution in [2.24, 2.45) is 5.73 Å². The monoisotopic (exact) mass is 262 g/mol. The zero-order chi connectivity index (χ0) is 13.5. The summed E-state index contributed by atoms with van der Waals surface area (Å²) in [6.07, 6.45) is 4.98. The van der Waals surface area contributed by atoms with Crippen molar-refractivity contribution in [2.75, 3.05) is 26.7 Å². The van der Waals surface area contributed by atoms with Crippen LogP contribution in [0.5, 0.6) is 0 Å². The Labute approximate surface area is 116 Å². The van der Waals surface area contributed by atoms with Gasteiger partial charge in [0.2, 0.25) is 0 Å². The highest BCUT2D eigenvalue weighted by Crippen LogP contribution is 2.19. The molecule has 19 heavy (non-hydrogen) atoms. The summed E-state index contributed by atoms with van der Waals surface area (Å²) in [4.78, 5) is 2.54. The first-order chi connectivity index (χ1) is 9.33. The lowest BCUT2D eigenvalue weighted by Crippen LogP contribution is -2.48. The summed E-state index contributed by atoms with van der Waals surface area (Å²) < 4.78 is 5.46. The Morgan fingerprint density at radius 1 is 1.32 bits per heavy atom. The van der Waals surface area contributed by atoms with Crippen LogP contribution >= 0.6 is 0 Å². The highest BCUT2D eigenvalue weighted by molar-refractivity contribution is 5.14. The van der Waals surface area contributed by atoms with Crippen molar-refractivity contribution < 1.29 is 4.74 Å².